The Morgan fingerprint density at radius 3 is 2.58 bits per heavy atom. The fourth-order valence-corrected chi connectivity index (χ4v) is 2.33. The SMILES string of the molecule is CCc1ccc(C(=O)OCc2nc(-c3ccccc3C)no2)cc1. The Labute approximate surface area is 140 Å². The molecule has 122 valence electrons. The average molecular weight is 322 g/mol. The molecule has 0 unspecified atom stereocenters. The third kappa shape index (κ3) is 3.51. The summed E-state index contributed by atoms with van der Waals surface area (Å²) >= 11 is 0. The highest BCUT2D eigenvalue weighted by molar-refractivity contribution is 5.89. The van der Waals surface area contributed by atoms with Gasteiger partial charge in [-0.1, -0.05) is 48.5 Å². The number of ether oxygens (including phenoxy) is 1. The van der Waals surface area contributed by atoms with Gasteiger partial charge in [0.05, 0.1) is 5.56 Å². The Hall–Kier alpha value is -2.95. The quantitative estimate of drug-likeness (QED) is 0.665. The molecule has 0 N–H and O–H groups in total. The maximum absolute atomic E-state index is 12.0. The highest BCUT2D eigenvalue weighted by Crippen LogP contribution is 2.20. The summed E-state index contributed by atoms with van der Waals surface area (Å²) in [5, 5.41) is 3.94. The zero-order valence-corrected chi connectivity index (χ0v) is 13.7. The molecule has 24 heavy (non-hydrogen) atoms. The number of hydrogen-bond acceptors (Lipinski definition) is 5. The van der Waals surface area contributed by atoms with Crippen LogP contribution in [0.2, 0.25) is 0 Å². The minimum absolute atomic E-state index is 0.0484. The third-order valence-corrected chi connectivity index (χ3v) is 3.78. The number of hydrogen-bond donors (Lipinski definition) is 0. The summed E-state index contributed by atoms with van der Waals surface area (Å²) in [7, 11) is 0. The molecule has 3 aromatic rings. The van der Waals surface area contributed by atoms with Crippen LogP contribution in [0.5, 0.6) is 0 Å². The zero-order chi connectivity index (χ0) is 16.9. The van der Waals surface area contributed by atoms with Crippen LogP contribution in [-0.2, 0) is 17.8 Å². The predicted molar refractivity (Wildman–Crippen MR) is 89.4 cm³/mol. The van der Waals surface area contributed by atoms with Gasteiger partial charge >= 0.3 is 5.97 Å². The lowest BCUT2D eigenvalue weighted by Gasteiger charge is -2.03. The normalized spacial score (nSPS) is 10.6. The van der Waals surface area contributed by atoms with Crippen LogP contribution in [0.4, 0.5) is 0 Å². The maximum atomic E-state index is 12.0. The van der Waals surface area contributed by atoms with E-state index in [2.05, 4.69) is 17.1 Å². The van der Waals surface area contributed by atoms with Crippen LogP contribution in [-0.4, -0.2) is 16.1 Å². The van der Waals surface area contributed by atoms with Gasteiger partial charge in [0.2, 0.25) is 5.82 Å². The molecule has 0 spiro atoms. The second-order valence-electron chi connectivity index (χ2n) is 5.45. The van der Waals surface area contributed by atoms with Gasteiger partial charge in [-0.2, -0.15) is 4.98 Å². The van der Waals surface area contributed by atoms with Gasteiger partial charge in [0.25, 0.3) is 5.89 Å². The first kappa shape index (κ1) is 15.9. The van der Waals surface area contributed by atoms with Gasteiger partial charge in [-0.15, -0.1) is 0 Å². The Morgan fingerprint density at radius 2 is 1.88 bits per heavy atom. The number of carbonyl (C=O) groups is 1. The molecule has 0 saturated carbocycles. The number of aromatic nitrogens is 2. The van der Waals surface area contributed by atoms with Gasteiger partial charge in [-0.25, -0.2) is 4.79 Å². The van der Waals surface area contributed by atoms with Crippen molar-refractivity contribution in [3.63, 3.8) is 0 Å². The summed E-state index contributed by atoms with van der Waals surface area (Å²) < 4.78 is 10.4. The second-order valence-corrected chi connectivity index (χ2v) is 5.45. The number of carbonyl (C=O) groups excluding carboxylic acids is 1. The molecule has 0 amide bonds. The molecule has 0 aliphatic rings. The Bertz CT molecular complexity index is 838. The van der Waals surface area contributed by atoms with Crippen molar-refractivity contribution in [1.82, 2.24) is 10.1 Å². The Balaban J connectivity index is 1.65. The summed E-state index contributed by atoms with van der Waals surface area (Å²) in [4.78, 5) is 16.3. The third-order valence-electron chi connectivity index (χ3n) is 3.78. The van der Waals surface area contributed by atoms with Crippen LogP contribution in [0, 0.1) is 6.92 Å². The van der Waals surface area contributed by atoms with Gasteiger partial charge in [-0.05, 0) is 36.6 Å². The summed E-state index contributed by atoms with van der Waals surface area (Å²) in [5.74, 6) is 0.353. The fraction of sp³-hybridized carbons (Fsp3) is 0.211. The lowest BCUT2D eigenvalue weighted by atomic mass is 10.1. The highest BCUT2D eigenvalue weighted by atomic mass is 16.6. The molecule has 3 rings (SSSR count). The minimum Gasteiger partial charge on any atom is -0.452 e. The summed E-state index contributed by atoms with van der Waals surface area (Å²) in [5.41, 5.74) is 3.63. The van der Waals surface area contributed by atoms with E-state index in [9.17, 15) is 4.79 Å². The fourth-order valence-electron chi connectivity index (χ4n) is 2.33. The molecule has 5 nitrogen and oxygen atoms in total. The Morgan fingerprint density at radius 1 is 1.12 bits per heavy atom. The summed E-state index contributed by atoms with van der Waals surface area (Å²) in [6.07, 6.45) is 0.930. The van der Waals surface area contributed by atoms with E-state index in [0.717, 1.165) is 17.5 Å². The van der Waals surface area contributed by atoms with Crippen molar-refractivity contribution in [2.75, 3.05) is 0 Å². The first-order chi connectivity index (χ1) is 11.7. The van der Waals surface area contributed by atoms with E-state index < -0.39 is 5.97 Å². The highest BCUT2D eigenvalue weighted by Gasteiger charge is 2.13. The lowest BCUT2D eigenvalue weighted by molar-refractivity contribution is 0.0430. The van der Waals surface area contributed by atoms with Crippen molar-refractivity contribution in [2.24, 2.45) is 0 Å². The molecule has 0 aliphatic heterocycles. The van der Waals surface area contributed by atoms with Crippen LogP contribution >= 0.6 is 0 Å². The molecule has 0 bridgehead atoms. The van der Waals surface area contributed by atoms with Gasteiger partial charge in [0.15, 0.2) is 6.61 Å². The molecule has 0 radical (unpaired) electrons. The number of esters is 1. The Kier molecular flexibility index (Phi) is 4.70. The van der Waals surface area contributed by atoms with Crippen molar-refractivity contribution < 1.29 is 14.1 Å². The van der Waals surface area contributed by atoms with Gasteiger partial charge in [0, 0.05) is 5.56 Å². The maximum Gasteiger partial charge on any atom is 0.338 e. The number of aryl methyl sites for hydroxylation is 2. The first-order valence-electron chi connectivity index (χ1n) is 7.82. The van der Waals surface area contributed by atoms with Crippen LogP contribution in [0.3, 0.4) is 0 Å². The van der Waals surface area contributed by atoms with Crippen molar-refractivity contribution >= 4 is 5.97 Å². The largest absolute Gasteiger partial charge is 0.452 e. The molecule has 0 saturated heterocycles. The van der Waals surface area contributed by atoms with E-state index in [0.29, 0.717) is 11.4 Å². The van der Waals surface area contributed by atoms with Crippen molar-refractivity contribution in [2.45, 2.75) is 26.9 Å². The molecule has 1 heterocycles. The topological polar surface area (TPSA) is 65.2 Å². The first-order valence-corrected chi connectivity index (χ1v) is 7.82. The number of rotatable bonds is 5. The molecular weight excluding hydrogens is 304 g/mol. The van der Waals surface area contributed by atoms with Crippen LogP contribution in [0.25, 0.3) is 11.4 Å². The summed E-state index contributed by atoms with van der Waals surface area (Å²) in [6.45, 7) is 3.99. The standard InChI is InChI=1S/C19H18N2O3/c1-3-14-8-10-15(11-9-14)19(22)23-12-17-20-18(21-24-17)16-7-5-4-6-13(16)2/h4-11H,3,12H2,1-2H3. The van der Waals surface area contributed by atoms with E-state index in [1.165, 1.54) is 5.56 Å². The van der Waals surface area contributed by atoms with Gasteiger partial charge in [-0.3, -0.25) is 0 Å². The van der Waals surface area contributed by atoms with Crippen molar-refractivity contribution in [1.29, 1.82) is 0 Å². The van der Waals surface area contributed by atoms with Crippen molar-refractivity contribution in [3.8, 4) is 11.4 Å². The average Bonchev–Trinajstić information content (AvgIpc) is 3.09. The predicted octanol–water partition coefficient (Wildman–Crippen LogP) is 3.96. The van der Waals surface area contributed by atoms with Crippen LogP contribution in [0.1, 0.15) is 34.3 Å². The van der Waals surface area contributed by atoms with E-state index >= 15 is 0 Å². The summed E-state index contributed by atoms with van der Waals surface area (Å²) in [6, 6.07) is 15.1. The zero-order valence-electron chi connectivity index (χ0n) is 13.7. The number of benzene rings is 2. The van der Waals surface area contributed by atoms with E-state index in [1.807, 2.05) is 43.3 Å². The van der Waals surface area contributed by atoms with Gasteiger partial charge < -0.3 is 9.26 Å². The minimum atomic E-state index is -0.409. The number of nitrogens with zero attached hydrogens (tertiary/aromatic N) is 2. The second kappa shape index (κ2) is 7.08. The van der Waals surface area contributed by atoms with E-state index in [4.69, 9.17) is 9.26 Å². The molecule has 2 aromatic carbocycles. The molecule has 5 heteroatoms. The molecular formula is C19H18N2O3. The monoisotopic (exact) mass is 322 g/mol. The molecule has 0 fully saturated rings. The van der Waals surface area contributed by atoms with Crippen molar-refractivity contribution in [3.05, 3.63) is 71.1 Å². The van der Waals surface area contributed by atoms with Gasteiger partial charge in [0.1, 0.15) is 0 Å². The van der Waals surface area contributed by atoms with Crippen LogP contribution < -0.4 is 0 Å². The molecule has 1 aromatic heterocycles. The van der Waals surface area contributed by atoms with Crippen LogP contribution in [0.15, 0.2) is 53.1 Å². The smallest absolute Gasteiger partial charge is 0.338 e. The van der Waals surface area contributed by atoms with E-state index in [-0.39, 0.29) is 12.5 Å². The lowest BCUT2D eigenvalue weighted by Crippen LogP contribution is -2.05. The van der Waals surface area contributed by atoms with E-state index in [1.54, 1.807) is 12.1 Å². The molecule has 0 atom stereocenters. The molecule has 0 aliphatic carbocycles.